The molecule has 2 saturated carbocycles. The molecule has 1 saturated heterocycles. The van der Waals surface area contributed by atoms with Gasteiger partial charge in [0, 0.05) is 0 Å². The number of benzene rings is 3. The smallest absolute Gasteiger partial charge is 0.338 e. The van der Waals surface area contributed by atoms with Crippen molar-refractivity contribution in [3.63, 3.8) is 0 Å². The molecule has 0 aromatic heterocycles. The molecule has 0 spiro atoms. The number of nitrogens with zero attached hydrogens (tertiary/aromatic N) is 1. The largest absolute Gasteiger partial charge is 0.495 e. The highest BCUT2D eigenvalue weighted by atomic mass is 16.5. The fourth-order valence-corrected chi connectivity index (χ4v) is 6.72. The summed E-state index contributed by atoms with van der Waals surface area (Å²) in [5.74, 6) is -1.20. The second-order valence-electron chi connectivity index (χ2n) is 10.4. The van der Waals surface area contributed by atoms with Gasteiger partial charge in [-0.15, -0.1) is 0 Å². The van der Waals surface area contributed by atoms with Crippen LogP contribution in [0.4, 0.5) is 11.4 Å². The number of nitrogens with one attached hydrogen (secondary N) is 1. The Balaban J connectivity index is 1.14. The van der Waals surface area contributed by atoms with Gasteiger partial charge in [0.25, 0.3) is 5.91 Å². The predicted molar refractivity (Wildman–Crippen MR) is 143 cm³/mol. The van der Waals surface area contributed by atoms with Gasteiger partial charge in [-0.1, -0.05) is 48.5 Å². The minimum absolute atomic E-state index is 0.138. The summed E-state index contributed by atoms with van der Waals surface area (Å²) >= 11 is 0. The molecular formula is C31H28N2O6. The summed E-state index contributed by atoms with van der Waals surface area (Å²) in [6, 6.07) is 23.4. The van der Waals surface area contributed by atoms with Crippen LogP contribution in [0.15, 0.2) is 78.9 Å². The van der Waals surface area contributed by atoms with Crippen LogP contribution in [0.3, 0.4) is 0 Å². The summed E-state index contributed by atoms with van der Waals surface area (Å²) in [7, 11) is 1.49. The van der Waals surface area contributed by atoms with Crippen molar-refractivity contribution in [2.45, 2.75) is 18.8 Å². The zero-order valence-electron chi connectivity index (χ0n) is 21.4. The van der Waals surface area contributed by atoms with Gasteiger partial charge >= 0.3 is 5.97 Å². The SMILES string of the molecule is COc1ccccc1NC(=O)COC(=O)c1cccc(N2C(=O)[C@@H]3[C@@H]4C[C@@H]([C@H]3C2=O)[C@H](c2ccccc2)C4)c1. The fraction of sp³-hybridized carbons (Fsp3) is 0.290. The molecule has 5 atom stereocenters. The minimum Gasteiger partial charge on any atom is -0.495 e. The summed E-state index contributed by atoms with van der Waals surface area (Å²) in [6.45, 7) is -0.503. The first-order valence-corrected chi connectivity index (χ1v) is 13.1. The number of methoxy groups -OCH3 is 1. The molecule has 2 aliphatic carbocycles. The maximum atomic E-state index is 13.6. The molecule has 0 radical (unpaired) electrons. The number of hydrogen-bond acceptors (Lipinski definition) is 6. The van der Waals surface area contributed by atoms with Crippen molar-refractivity contribution in [1.82, 2.24) is 0 Å². The number of imide groups is 1. The molecule has 1 heterocycles. The zero-order valence-corrected chi connectivity index (χ0v) is 21.4. The first-order chi connectivity index (χ1) is 19.0. The Morgan fingerprint density at radius 3 is 2.44 bits per heavy atom. The molecule has 3 aromatic rings. The lowest BCUT2D eigenvalue weighted by molar-refractivity contribution is -0.123. The molecule has 2 bridgehead atoms. The van der Waals surface area contributed by atoms with Crippen LogP contribution in [-0.2, 0) is 19.1 Å². The van der Waals surface area contributed by atoms with Gasteiger partial charge in [0.05, 0.1) is 35.9 Å². The number of carbonyl (C=O) groups is 4. The summed E-state index contributed by atoms with van der Waals surface area (Å²) in [6.07, 6.45) is 1.80. The molecule has 8 nitrogen and oxygen atoms in total. The van der Waals surface area contributed by atoms with Crippen LogP contribution in [0.5, 0.6) is 5.75 Å². The topological polar surface area (TPSA) is 102 Å². The highest BCUT2D eigenvalue weighted by Crippen LogP contribution is 2.61. The van der Waals surface area contributed by atoms with E-state index < -0.39 is 18.5 Å². The molecule has 198 valence electrons. The van der Waals surface area contributed by atoms with Crippen LogP contribution in [0.25, 0.3) is 0 Å². The van der Waals surface area contributed by atoms with Crippen molar-refractivity contribution in [3.05, 3.63) is 90.0 Å². The van der Waals surface area contributed by atoms with E-state index in [1.54, 1.807) is 36.4 Å². The van der Waals surface area contributed by atoms with Gasteiger partial charge in [0.15, 0.2) is 6.61 Å². The molecule has 6 rings (SSSR count). The maximum absolute atomic E-state index is 13.6. The normalized spacial score (nSPS) is 24.9. The third-order valence-corrected chi connectivity index (χ3v) is 8.30. The lowest BCUT2D eigenvalue weighted by Gasteiger charge is -2.28. The second kappa shape index (κ2) is 10.0. The molecule has 1 N–H and O–H groups in total. The minimum atomic E-state index is -0.726. The van der Waals surface area contributed by atoms with Crippen LogP contribution in [0.1, 0.15) is 34.7 Å². The molecule has 3 aromatic carbocycles. The maximum Gasteiger partial charge on any atom is 0.338 e. The van der Waals surface area contributed by atoms with Gasteiger partial charge in [-0.3, -0.25) is 19.3 Å². The zero-order chi connectivity index (χ0) is 27.1. The fourth-order valence-electron chi connectivity index (χ4n) is 6.72. The average molecular weight is 525 g/mol. The van der Waals surface area contributed by atoms with Gasteiger partial charge in [-0.2, -0.15) is 0 Å². The number of anilines is 2. The van der Waals surface area contributed by atoms with Crippen LogP contribution in [0.2, 0.25) is 0 Å². The molecule has 3 amide bonds. The predicted octanol–water partition coefficient (Wildman–Crippen LogP) is 4.42. The Hall–Kier alpha value is -4.46. The van der Waals surface area contributed by atoms with E-state index in [1.165, 1.54) is 29.7 Å². The number of para-hydroxylation sites is 2. The van der Waals surface area contributed by atoms with Crippen LogP contribution < -0.4 is 15.0 Å². The highest BCUT2D eigenvalue weighted by molar-refractivity contribution is 6.23. The number of fused-ring (bicyclic) bond motifs is 5. The molecular weight excluding hydrogens is 496 g/mol. The standard InChI is InChI=1S/C31H28N2O6/c1-38-25-13-6-5-12-24(25)32-26(34)17-39-31(37)19-10-7-11-21(14-19)33-29(35)27-20-15-22(18-8-3-2-4-9-18)23(16-20)28(27)30(33)36/h2-14,20,22-23,27-28H,15-17H2,1H3,(H,32,34)/t20-,22-,23+,27+,28+/m0/s1. The Morgan fingerprint density at radius 1 is 0.897 bits per heavy atom. The monoisotopic (exact) mass is 524 g/mol. The quantitative estimate of drug-likeness (QED) is 0.363. The van der Waals surface area contributed by atoms with E-state index in [0.717, 1.165) is 12.8 Å². The third kappa shape index (κ3) is 4.35. The molecule has 3 aliphatic rings. The van der Waals surface area contributed by atoms with E-state index in [0.29, 0.717) is 17.1 Å². The van der Waals surface area contributed by atoms with Gasteiger partial charge in [-0.05, 0) is 66.5 Å². The van der Waals surface area contributed by atoms with Crippen LogP contribution >= 0.6 is 0 Å². The Labute approximate surface area is 225 Å². The number of ether oxygens (including phenoxy) is 2. The van der Waals surface area contributed by atoms with Crippen LogP contribution in [0, 0.1) is 23.7 Å². The van der Waals surface area contributed by atoms with Gasteiger partial charge < -0.3 is 14.8 Å². The number of hydrogen-bond donors (Lipinski definition) is 1. The molecule has 8 heteroatoms. The molecule has 3 fully saturated rings. The van der Waals surface area contributed by atoms with Crippen molar-refractivity contribution in [2.75, 3.05) is 23.9 Å². The lowest BCUT2D eigenvalue weighted by atomic mass is 9.73. The number of rotatable bonds is 7. The van der Waals surface area contributed by atoms with Gasteiger partial charge in [0.1, 0.15) is 5.75 Å². The van der Waals surface area contributed by atoms with Crippen molar-refractivity contribution in [2.24, 2.45) is 23.7 Å². The summed E-state index contributed by atoms with van der Waals surface area (Å²) in [5.41, 5.74) is 2.19. The van der Waals surface area contributed by atoms with Crippen LogP contribution in [-0.4, -0.2) is 37.4 Å². The van der Waals surface area contributed by atoms with Gasteiger partial charge in [-0.25, -0.2) is 4.79 Å². The lowest BCUT2D eigenvalue weighted by Crippen LogP contribution is -2.33. The van der Waals surface area contributed by atoms with Crippen molar-refractivity contribution < 1.29 is 28.7 Å². The van der Waals surface area contributed by atoms with E-state index in [1.807, 2.05) is 18.2 Å². The summed E-state index contributed by atoms with van der Waals surface area (Å²) in [4.78, 5) is 53.4. The third-order valence-electron chi connectivity index (χ3n) is 8.30. The second-order valence-corrected chi connectivity index (χ2v) is 10.4. The van der Waals surface area contributed by atoms with E-state index in [4.69, 9.17) is 9.47 Å². The Morgan fingerprint density at radius 2 is 1.64 bits per heavy atom. The Kier molecular flexibility index (Phi) is 6.38. The Bertz CT molecular complexity index is 1450. The van der Waals surface area contributed by atoms with Crippen molar-refractivity contribution >= 4 is 35.1 Å². The number of esters is 1. The highest BCUT2D eigenvalue weighted by Gasteiger charge is 2.64. The van der Waals surface area contributed by atoms with E-state index >= 15 is 0 Å². The summed E-state index contributed by atoms with van der Waals surface area (Å²) < 4.78 is 10.4. The van der Waals surface area contributed by atoms with Crippen molar-refractivity contribution in [1.29, 1.82) is 0 Å². The molecule has 0 unspecified atom stereocenters. The molecule has 1 aliphatic heterocycles. The van der Waals surface area contributed by atoms with Crippen molar-refractivity contribution in [3.8, 4) is 5.75 Å². The summed E-state index contributed by atoms with van der Waals surface area (Å²) in [5, 5.41) is 2.65. The number of amides is 3. The first kappa shape index (κ1) is 24.9. The van der Waals surface area contributed by atoms with E-state index in [-0.39, 0.29) is 47.0 Å². The number of carbonyl (C=O) groups excluding carboxylic acids is 4. The first-order valence-electron chi connectivity index (χ1n) is 13.1. The average Bonchev–Trinajstić information content (AvgIpc) is 3.63. The van der Waals surface area contributed by atoms with Gasteiger partial charge in [0.2, 0.25) is 11.8 Å². The molecule has 39 heavy (non-hydrogen) atoms. The van der Waals surface area contributed by atoms with E-state index in [2.05, 4.69) is 17.4 Å². The van der Waals surface area contributed by atoms with E-state index in [9.17, 15) is 19.2 Å².